The van der Waals surface area contributed by atoms with Crippen molar-refractivity contribution in [2.75, 3.05) is 19.8 Å². The number of benzene rings is 3. The van der Waals surface area contributed by atoms with Crippen molar-refractivity contribution in [3.63, 3.8) is 0 Å². The number of aryl methyl sites for hydroxylation is 2. The molecule has 8 aromatic rings. The summed E-state index contributed by atoms with van der Waals surface area (Å²) in [7, 11) is 0. The summed E-state index contributed by atoms with van der Waals surface area (Å²) in [6, 6.07) is 13.4. The molecule has 370 valence electrons. The highest BCUT2D eigenvalue weighted by Crippen LogP contribution is 2.56. The Morgan fingerprint density at radius 2 is 1.69 bits per heavy atom. The maximum absolute atomic E-state index is 16.4. The molecule has 1 saturated heterocycles. The number of carbonyl (C=O) groups is 1. The lowest BCUT2D eigenvalue weighted by Crippen LogP contribution is -2.41. The summed E-state index contributed by atoms with van der Waals surface area (Å²) in [6.07, 6.45) is 1.67. The van der Waals surface area contributed by atoms with Gasteiger partial charge in [-0.1, -0.05) is 18.1 Å². The average Bonchev–Trinajstić information content (AvgIpc) is 3.96. The number of nitrogens with one attached hydrogen (secondary N) is 1. The normalized spacial score (nSPS) is 21.1. The third-order valence-electron chi connectivity index (χ3n) is 14.7. The van der Waals surface area contributed by atoms with Crippen molar-refractivity contribution in [2.24, 2.45) is 5.92 Å². The van der Waals surface area contributed by atoms with Gasteiger partial charge in [0.25, 0.3) is 5.91 Å². The zero-order chi connectivity index (χ0) is 50.1. The number of carbonyl (C=O) groups excluding carboxylic acids is 1. The maximum Gasteiger partial charge on any atom is 0.522 e. The van der Waals surface area contributed by atoms with Gasteiger partial charge in [-0.15, -0.1) is 13.2 Å². The Morgan fingerprint density at radius 1 is 0.958 bits per heavy atom. The first-order valence-corrected chi connectivity index (χ1v) is 23.5. The first kappa shape index (κ1) is 46.3. The van der Waals surface area contributed by atoms with Crippen LogP contribution in [0.5, 0.6) is 0 Å². The molecular weight excluding hydrogens is 932 g/mol. The number of halogens is 5. The second kappa shape index (κ2) is 16.5. The van der Waals surface area contributed by atoms with Crippen LogP contribution in [0.25, 0.3) is 39.0 Å². The molecule has 2 aliphatic heterocycles. The molecule has 21 heteroatoms. The molecule has 1 N–H and O–H groups in total. The van der Waals surface area contributed by atoms with Crippen molar-refractivity contribution in [1.29, 1.82) is 0 Å². The van der Waals surface area contributed by atoms with Gasteiger partial charge in [0.15, 0.2) is 11.6 Å². The van der Waals surface area contributed by atoms with Crippen LogP contribution in [0.15, 0.2) is 81.2 Å². The maximum atomic E-state index is 16.4. The molecule has 4 unspecified atom stereocenters. The molecule has 5 aromatic heterocycles. The van der Waals surface area contributed by atoms with Gasteiger partial charge in [-0.2, -0.15) is 10.2 Å². The van der Waals surface area contributed by atoms with Gasteiger partial charge in [-0.3, -0.25) is 32.9 Å². The molecule has 11 rings (SSSR count). The van der Waals surface area contributed by atoms with Crippen LogP contribution in [0.2, 0.25) is 0 Å². The third-order valence-corrected chi connectivity index (χ3v) is 14.7. The van der Waals surface area contributed by atoms with Crippen LogP contribution in [0.4, 0.5) is 22.0 Å². The van der Waals surface area contributed by atoms with Crippen molar-refractivity contribution in [2.45, 2.75) is 103 Å². The molecule has 3 aliphatic rings. The predicted molar refractivity (Wildman–Crippen MR) is 248 cm³/mol. The number of H-pyrrole nitrogens is 1. The lowest BCUT2D eigenvalue weighted by atomic mass is 9.83. The van der Waals surface area contributed by atoms with Crippen LogP contribution in [0.3, 0.4) is 0 Å². The van der Waals surface area contributed by atoms with Crippen molar-refractivity contribution in [1.82, 2.24) is 48.3 Å². The van der Waals surface area contributed by atoms with Crippen molar-refractivity contribution < 1.29 is 40.7 Å². The Kier molecular flexibility index (Phi) is 10.7. The standard InChI is InChI=1S/C50H49F5N10O6/c1-26-19-33(20-27(2)41(26)51)65-43(62-15-14-61(47(62)68)38-10-9-37-34(42(38)52)25-56-63(37)16-18-70-50(53,54)55)40-29(4)60(13-11-35(40)58-65)44(66)39-22-32-21-30(31-12-17-69-48(5,6)24-31)7-8-36(32)64(39)49(23-28(49)3)45-57-46(67)71-59-45/h7-10,14-15,19-22,25,28-29,31H,11-13,16-18,23-24H2,1-6H3,(H,57,59,67). The summed E-state index contributed by atoms with van der Waals surface area (Å²) in [4.78, 5) is 47.3. The third kappa shape index (κ3) is 7.62. The molecule has 1 saturated carbocycles. The Balaban J connectivity index is 1.02. The number of imidazole rings is 1. The number of rotatable bonds is 10. The fourth-order valence-electron chi connectivity index (χ4n) is 11.1. The van der Waals surface area contributed by atoms with Gasteiger partial charge in [0.1, 0.15) is 22.9 Å². The van der Waals surface area contributed by atoms with Gasteiger partial charge in [-0.25, -0.2) is 23.1 Å². The van der Waals surface area contributed by atoms with E-state index in [-0.39, 0.29) is 65.3 Å². The molecule has 7 heterocycles. The largest absolute Gasteiger partial charge is 0.522 e. The van der Waals surface area contributed by atoms with E-state index < -0.39 is 47.6 Å². The van der Waals surface area contributed by atoms with Gasteiger partial charge >= 0.3 is 17.8 Å². The van der Waals surface area contributed by atoms with Crippen molar-refractivity contribution in [3.05, 3.63) is 139 Å². The van der Waals surface area contributed by atoms with E-state index in [2.05, 4.69) is 46.0 Å². The second-order valence-electron chi connectivity index (χ2n) is 19.7. The molecule has 2 fully saturated rings. The molecule has 3 aromatic carbocycles. The van der Waals surface area contributed by atoms with Gasteiger partial charge < -0.3 is 14.2 Å². The number of alkyl halides is 3. The number of amides is 1. The molecule has 0 spiro atoms. The zero-order valence-electron chi connectivity index (χ0n) is 39.6. The molecule has 0 radical (unpaired) electrons. The zero-order valence-corrected chi connectivity index (χ0v) is 39.6. The first-order chi connectivity index (χ1) is 33.7. The van der Waals surface area contributed by atoms with Gasteiger partial charge in [0, 0.05) is 48.4 Å². The number of ether oxygens (including phenoxy) is 2. The predicted octanol–water partition coefficient (Wildman–Crippen LogP) is 8.44. The summed E-state index contributed by atoms with van der Waals surface area (Å²) >= 11 is 0. The van der Waals surface area contributed by atoms with E-state index in [4.69, 9.17) is 14.4 Å². The lowest BCUT2D eigenvalue weighted by Gasteiger charge is -2.35. The van der Waals surface area contributed by atoms with Gasteiger partial charge in [0.05, 0.1) is 59.0 Å². The van der Waals surface area contributed by atoms with Crippen molar-refractivity contribution >= 4 is 27.7 Å². The quantitative estimate of drug-likeness (QED) is 0.132. The number of nitrogens with zero attached hydrogens (tertiary/aromatic N) is 9. The Labute approximate surface area is 401 Å². The minimum atomic E-state index is -4.85. The summed E-state index contributed by atoms with van der Waals surface area (Å²) < 4.78 is 91.8. The monoisotopic (exact) mass is 980 g/mol. The van der Waals surface area contributed by atoms with Gasteiger partial charge in [-0.05, 0) is 125 Å². The SMILES string of the molecule is Cc1cc(-n2nc3c(c2-n2ccn(-c4ccc5c(cnn5CCOC(F)(F)F)c4F)c2=O)C(C)N(C(=O)c2cc4cc(C5CCOC(C)(C)C5)ccc4n2C2(c4noc(=O)[nH]4)CC2C)CC3)cc(C)c1F. The first-order valence-electron chi connectivity index (χ1n) is 23.5. The average molecular weight is 981 g/mol. The van der Waals surface area contributed by atoms with E-state index in [0.717, 1.165) is 33.9 Å². The Morgan fingerprint density at radius 3 is 2.38 bits per heavy atom. The summed E-state index contributed by atoms with van der Waals surface area (Å²) in [6.45, 7) is 11.1. The number of fused-ring (bicyclic) bond motifs is 3. The molecule has 4 atom stereocenters. The van der Waals surface area contributed by atoms with E-state index in [1.807, 2.05) is 30.5 Å². The van der Waals surface area contributed by atoms with Gasteiger partial charge in [0.2, 0.25) is 0 Å². The number of hydrogen-bond donors (Lipinski definition) is 1. The highest BCUT2D eigenvalue weighted by molar-refractivity contribution is 6.00. The van der Waals surface area contributed by atoms with Crippen LogP contribution in [-0.2, 0) is 28.0 Å². The van der Waals surface area contributed by atoms with E-state index in [0.29, 0.717) is 52.6 Å². The van der Waals surface area contributed by atoms with E-state index in [9.17, 15) is 22.8 Å². The minimum absolute atomic E-state index is 0.0323. The highest BCUT2D eigenvalue weighted by atomic mass is 19.4. The Bertz CT molecular complexity index is 3550. The van der Waals surface area contributed by atoms with Crippen LogP contribution in [0, 0.1) is 31.4 Å². The molecule has 71 heavy (non-hydrogen) atoms. The van der Waals surface area contributed by atoms with Crippen LogP contribution >= 0.6 is 0 Å². The number of aromatic nitrogens is 9. The van der Waals surface area contributed by atoms with E-state index >= 15 is 13.6 Å². The molecule has 1 aliphatic carbocycles. The molecule has 1 amide bonds. The van der Waals surface area contributed by atoms with Crippen LogP contribution < -0.4 is 11.4 Å². The summed E-state index contributed by atoms with van der Waals surface area (Å²) in [5.74, 6) is -1.54. The number of aromatic amines is 1. The minimum Gasteiger partial charge on any atom is -0.376 e. The second-order valence-corrected chi connectivity index (χ2v) is 19.7. The summed E-state index contributed by atoms with van der Waals surface area (Å²) in [5.41, 5.74) is 2.62. The fourth-order valence-corrected chi connectivity index (χ4v) is 11.1. The Hall–Kier alpha value is -7.13. The molecule has 16 nitrogen and oxygen atoms in total. The smallest absolute Gasteiger partial charge is 0.376 e. The van der Waals surface area contributed by atoms with Crippen molar-refractivity contribution in [3.8, 4) is 17.2 Å². The molecule has 0 bridgehead atoms. The van der Waals surface area contributed by atoms with E-state index in [1.54, 1.807) is 35.6 Å². The summed E-state index contributed by atoms with van der Waals surface area (Å²) in [5, 5.41) is 14.0. The van der Waals surface area contributed by atoms with Crippen LogP contribution in [0.1, 0.15) is 103 Å². The topological polar surface area (TPSA) is 165 Å². The lowest BCUT2D eigenvalue weighted by molar-refractivity contribution is -0.325. The molecular formula is C50H49F5N10O6. The fraction of sp³-hybridized carbons (Fsp3) is 0.400. The van der Waals surface area contributed by atoms with Crippen LogP contribution in [-0.4, -0.2) is 85.9 Å². The number of hydrogen-bond acceptors (Lipinski definition) is 9. The van der Waals surface area contributed by atoms with E-state index in [1.165, 1.54) is 40.0 Å². The highest BCUT2D eigenvalue weighted by Gasteiger charge is 2.59.